The van der Waals surface area contributed by atoms with Crippen molar-refractivity contribution in [1.82, 2.24) is 20.1 Å². The van der Waals surface area contributed by atoms with Crippen LogP contribution in [-0.2, 0) is 23.1 Å². The number of nitrogens with zero attached hydrogens (tertiary/aromatic N) is 3. The Morgan fingerprint density at radius 2 is 2.03 bits per heavy atom. The predicted octanol–water partition coefficient (Wildman–Crippen LogP) is 4.09. The number of hydrogen-bond acceptors (Lipinski definition) is 6. The quantitative estimate of drug-likeness (QED) is 0.642. The van der Waals surface area contributed by atoms with Crippen LogP contribution in [0.2, 0.25) is 0 Å². The van der Waals surface area contributed by atoms with Crippen LogP contribution in [0.25, 0.3) is 11.3 Å². The molecule has 1 saturated carbocycles. The molecule has 2 aromatic heterocycles. The topological polar surface area (TPSA) is 116 Å². The molecular weight excluding hydrogens is 424 g/mol. The third-order valence-corrected chi connectivity index (χ3v) is 5.68. The van der Waals surface area contributed by atoms with Gasteiger partial charge >= 0.3 is 12.1 Å². The Morgan fingerprint density at radius 3 is 2.70 bits per heavy atom. The van der Waals surface area contributed by atoms with Crippen molar-refractivity contribution in [3.8, 4) is 17.0 Å². The van der Waals surface area contributed by atoms with Crippen LogP contribution >= 0.6 is 0 Å². The minimum absolute atomic E-state index is 0.105. The lowest BCUT2D eigenvalue weighted by molar-refractivity contribution is -0.143. The minimum Gasteiger partial charge on any atom is -0.489 e. The minimum atomic E-state index is -0.756. The van der Waals surface area contributed by atoms with E-state index in [9.17, 15) is 14.7 Å². The van der Waals surface area contributed by atoms with E-state index in [-0.39, 0.29) is 24.0 Å². The third-order valence-electron chi connectivity index (χ3n) is 5.68. The van der Waals surface area contributed by atoms with Crippen LogP contribution in [-0.4, -0.2) is 44.6 Å². The largest absolute Gasteiger partial charge is 0.489 e. The van der Waals surface area contributed by atoms with Gasteiger partial charge in [-0.1, -0.05) is 20.8 Å². The molecular formula is C24H34N4O5. The molecule has 3 rings (SSSR count). The van der Waals surface area contributed by atoms with Crippen LogP contribution in [0.4, 0.5) is 4.79 Å². The summed E-state index contributed by atoms with van der Waals surface area (Å²) in [5.74, 6) is -0.450. The van der Waals surface area contributed by atoms with E-state index < -0.39 is 12.1 Å². The van der Waals surface area contributed by atoms with E-state index in [0.717, 1.165) is 35.5 Å². The number of carbonyl (C=O) groups is 2. The van der Waals surface area contributed by atoms with Gasteiger partial charge in [0, 0.05) is 12.6 Å². The maximum atomic E-state index is 12.1. The fraction of sp³-hybridized carbons (Fsp3) is 0.583. The number of aromatic nitrogens is 3. The molecule has 0 aliphatic heterocycles. The number of pyridine rings is 1. The molecule has 1 aliphatic carbocycles. The van der Waals surface area contributed by atoms with Gasteiger partial charge in [-0.05, 0) is 50.2 Å². The van der Waals surface area contributed by atoms with Gasteiger partial charge in [-0.2, -0.15) is 5.10 Å². The Bertz CT molecular complexity index is 995. The summed E-state index contributed by atoms with van der Waals surface area (Å²) in [6.07, 6.45) is 4.03. The van der Waals surface area contributed by atoms with Gasteiger partial charge in [-0.15, -0.1) is 0 Å². The number of carboxylic acids is 1. The number of carbonyl (C=O) groups excluding carboxylic acids is 1. The number of hydrogen-bond donors (Lipinski definition) is 2. The molecule has 33 heavy (non-hydrogen) atoms. The van der Waals surface area contributed by atoms with E-state index in [1.165, 1.54) is 0 Å². The first-order valence-electron chi connectivity index (χ1n) is 11.3. The number of carboxylic acid groups (broad SMARTS) is 1. The van der Waals surface area contributed by atoms with E-state index >= 15 is 0 Å². The summed E-state index contributed by atoms with van der Waals surface area (Å²) in [6, 6.07) is 3.72. The van der Waals surface area contributed by atoms with Gasteiger partial charge < -0.3 is 19.9 Å². The highest BCUT2D eigenvalue weighted by atomic mass is 16.5. The smallest absolute Gasteiger partial charge is 0.407 e. The first-order valence-corrected chi connectivity index (χ1v) is 11.3. The lowest BCUT2D eigenvalue weighted by Crippen LogP contribution is -2.29. The number of aliphatic carboxylic acids is 1. The summed E-state index contributed by atoms with van der Waals surface area (Å²) < 4.78 is 13.1. The third kappa shape index (κ3) is 6.69. The number of aryl methyl sites for hydroxylation is 2. The molecule has 0 aromatic carbocycles. The van der Waals surface area contributed by atoms with Gasteiger partial charge in [-0.3, -0.25) is 9.48 Å². The molecule has 9 nitrogen and oxygen atoms in total. The zero-order valence-electron chi connectivity index (χ0n) is 20.1. The molecule has 1 amide bonds. The monoisotopic (exact) mass is 458 g/mol. The summed E-state index contributed by atoms with van der Waals surface area (Å²) in [5.41, 5.74) is 2.95. The number of ether oxygens (including phenoxy) is 2. The summed E-state index contributed by atoms with van der Waals surface area (Å²) in [7, 11) is 1.81. The number of rotatable bonds is 7. The van der Waals surface area contributed by atoms with Gasteiger partial charge in [0.25, 0.3) is 0 Å². The highest BCUT2D eigenvalue weighted by molar-refractivity contribution is 5.70. The van der Waals surface area contributed by atoms with Crippen molar-refractivity contribution in [2.24, 2.45) is 18.4 Å². The summed E-state index contributed by atoms with van der Waals surface area (Å²) in [6.45, 7) is 8.45. The number of amides is 1. The Kier molecular flexibility index (Phi) is 7.61. The zero-order valence-corrected chi connectivity index (χ0v) is 20.1. The zero-order chi connectivity index (χ0) is 24.2. The van der Waals surface area contributed by atoms with Crippen LogP contribution in [0.3, 0.4) is 0 Å². The lowest BCUT2D eigenvalue weighted by Gasteiger charge is -2.27. The molecule has 9 heteroatoms. The van der Waals surface area contributed by atoms with E-state index in [0.29, 0.717) is 25.2 Å². The van der Waals surface area contributed by atoms with Crippen molar-refractivity contribution in [2.75, 3.05) is 6.61 Å². The molecule has 2 aromatic rings. The second-order valence-corrected chi connectivity index (χ2v) is 9.84. The highest BCUT2D eigenvalue weighted by Crippen LogP contribution is 2.31. The average molecular weight is 459 g/mol. The van der Waals surface area contributed by atoms with E-state index in [1.54, 1.807) is 10.9 Å². The molecule has 0 radical (unpaired) electrons. The van der Waals surface area contributed by atoms with E-state index in [1.807, 2.05) is 46.9 Å². The number of nitrogens with one attached hydrogen (secondary N) is 1. The van der Waals surface area contributed by atoms with Gasteiger partial charge in [0.2, 0.25) is 0 Å². The van der Waals surface area contributed by atoms with Crippen molar-refractivity contribution < 1.29 is 24.2 Å². The summed E-state index contributed by atoms with van der Waals surface area (Å²) >= 11 is 0. The van der Waals surface area contributed by atoms with Crippen molar-refractivity contribution in [1.29, 1.82) is 0 Å². The molecule has 2 heterocycles. The first-order chi connectivity index (χ1) is 15.5. The van der Waals surface area contributed by atoms with Crippen molar-refractivity contribution in [2.45, 2.75) is 66.0 Å². The summed E-state index contributed by atoms with van der Waals surface area (Å²) in [4.78, 5) is 28.1. The van der Waals surface area contributed by atoms with Crippen molar-refractivity contribution in [3.63, 3.8) is 0 Å². The van der Waals surface area contributed by atoms with Gasteiger partial charge in [0.15, 0.2) is 0 Å². The van der Waals surface area contributed by atoms with Crippen LogP contribution in [0.1, 0.15) is 57.8 Å². The van der Waals surface area contributed by atoms with Crippen LogP contribution < -0.4 is 10.1 Å². The Hall–Kier alpha value is -3.10. The van der Waals surface area contributed by atoms with E-state index in [2.05, 4.69) is 10.4 Å². The van der Waals surface area contributed by atoms with Crippen LogP contribution in [0.5, 0.6) is 5.75 Å². The standard InChI is InChI=1S/C24H34N4O5/c1-15-21(33-17-8-6-7-16(11-17)22(29)30)10-9-19(27-15)18-12-26-28(5)20(18)13-25-23(31)32-14-24(2,3)4/h9-10,12,16-17H,6-8,11,13-14H2,1-5H3,(H,25,31)(H,29,30)/t16-,17-/m0/s1. The molecule has 0 unspecified atom stereocenters. The fourth-order valence-corrected chi connectivity index (χ4v) is 3.85. The summed E-state index contributed by atoms with van der Waals surface area (Å²) in [5, 5.41) is 16.4. The molecule has 0 saturated heterocycles. The molecule has 1 fully saturated rings. The van der Waals surface area contributed by atoms with Crippen LogP contribution in [0, 0.1) is 18.3 Å². The Balaban J connectivity index is 1.67. The maximum Gasteiger partial charge on any atom is 0.407 e. The van der Waals surface area contributed by atoms with Gasteiger partial charge in [0.05, 0.1) is 48.5 Å². The first kappa shape index (κ1) is 24.5. The number of alkyl carbamates (subject to hydrolysis) is 1. The Morgan fingerprint density at radius 1 is 1.27 bits per heavy atom. The molecule has 2 atom stereocenters. The molecule has 180 valence electrons. The SMILES string of the molecule is Cc1nc(-c2cnn(C)c2CNC(=O)OCC(C)(C)C)ccc1O[C@H]1CCC[C@H](C(=O)O)C1. The fourth-order valence-electron chi connectivity index (χ4n) is 3.85. The van der Waals surface area contributed by atoms with Gasteiger partial charge in [-0.25, -0.2) is 9.78 Å². The highest BCUT2D eigenvalue weighted by Gasteiger charge is 2.28. The predicted molar refractivity (Wildman–Crippen MR) is 123 cm³/mol. The van der Waals surface area contributed by atoms with Crippen LogP contribution in [0.15, 0.2) is 18.3 Å². The second kappa shape index (κ2) is 10.2. The molecule has 0 spiro atoms. The average Bonchev–Trinajstić information content (AvgIpc) is 3.12. The molecule has 2 N–H and O–H groups in total. The second-order valence-electron chi connectivity index (χ2n) is 9.84. The van der Waals surface area contributed by atoms with Crippen molar-refractivity contribution >= 4 is 12.1 Å². The maximum absolute atomic E-state index is 12.1. The Labute approximate surface area is 194 Å². The lowest BCUT2D eigenvalue weighted by atomic mass is 9.87. The molecule has 0 bridgehead atoms. The van der Waals surface area contributed by atoms with E-state index in [4.69, 9.17) is 14.5 Å². The van der Waals surface area contributed by atoms with Gasteiger partial charge in [0.1, 0.15) is 5.75 Å². The normalized spacial score (nSPS) is 18.6. The van der Waals surface area contributed by atoms with Crippen molar-refractivity contribution in [3.05, 3.63) is 29.7 Å². The molecule has 1 aliphatic rings.